The molecule has 5 atom stereocenters. The van der Waals surface area contributed by atoms with Crippen LogP contribution in [0.25, 0.3) is 22.3 Å². The average molecular weight is 492 g/mol. The Labute approximate surface area is 195 Å². The molecule has 186 valence electrons. The molecule has 1 aliphatic rings. The summed E-state index contributed by atoms with van der Waals surface area (Å²) >= 11 is 0. The summed E-state index contributed by atoms with van der Waals surface area (Å²) in [6.07, 6.45) is -9.40. The zero-order chi connectivity index (χ0) is 25.6. The highest BCUT2D eigenvalue weighted by Crippen LogP contribution is 2.38. The standard InChI is InChI=1S/C22H20O13/c1-32-19-14(26)13-11(25)5-8(33-22-17(29)15(27)16(28)20(35-22)21(30)31)6-12(13)34-18(19)7-2-3-9(23)10(24)4-7/h2-6,15-17,20,22-25,27-29H,1H3,(H,30,31)/t15-,16-,17+,20-,22+/m0/s1. The Morgan fingerprint density at radius 2 is 1.66 bits per heavy atom. The number of hydrogen-bond donors (Lipinski definition) is 7. The SMILES string of the molecule is COc1c(-c2ccc(O)c(O)c2)oc2cc(O[C@@H]3O[C@H](C(=O)O)[C@@H](O)[C@H](O)[C@H]3O)cc(O)c2c1=O. The van der Waals surface area contributed by atoms with Gasteiger partial charge in [0.25, 0.3) is 0 Å². The molecular weight excluding hydrogens is 472 g/mol. The topological polar surface area (TPSA) is 217 Å². The fourth-order valence-electron chi connectivity index (χ4n) is 3.65. The van der Waals surface area contributed by atoms with E-state index in [1.165, 1.54) is 13.2 Å². The Kier molecular flexibility index (Phi) is 6.17. The molecule has 0 radical (unpaired) electrons. The zero-order valence-corrected chi connectivity index (χ0v) is 17.9. The number of ether oxygens (including phenoxy) is 3. The third-order valence-electron chi connectivity index (χ3n) is 5.41. The van der Waals surface area contributed by atoms with E-state index in [1.807, 2.05) is 0 Å². The summed E-state index contributed by atoms with van der Waals surface area (Å²) in [6, 6.07) is 5.71. The number of phenols is 3. The summed E-state index contributed by atoms with van der Waals surface area (Å²) in [5, 5.41) is 68.6. The first-order valence-corrected chi connectivity index (χ1v) is 10.0. The summed E-state index contributed by atoms with van der Waals surface area (Å²) in [4.78, 5) is 24.3. The van der Waals surface area contributed by atoms with Gasteiger partial charge in [-0.3, -0.25) is 4.79 Å². The second-order valence-corrected chi connectivity index (χ2v) is 7.67. The molecule has 13 heteroatoms. The summed E-state index contributed by atoms with van der Waals surface area (Å²) < 4.78 is 21.3. The highest BCUT2D eigenvalue weighted by atomic mass is 16.7. The lowest BCUT2D eigenvalue weighted by Crippen LogP contribution is -2.61. The minimum Gasteiger partial charge on any atom is -0.507 e. The molecule has 0 unspecified atom stereocenters. The number of aromatic hydroxyl groups is 3. The van der Waals surface area contributed by atoms with Crippen LogP contribution in [0.5, 0.6) is 28.7 Å². The quantitative estimate of drug-likeness (QED) is 0.231. The third-order valence-corrected chi connectivity index (χ3v) is 5.41. The second-order valence-electron chi connectivity index (χ2n) is 7.67. The van der Waals surface area contributed by atoms with Gasteiger partial charge in [-0.25, -0.2) is 4.79 Å². The van der Waals surface area contributed by atoms with E-state index >= 15 is 0 Å². The normalized spacial score (nSPS) is 24.3. The monoisotopic (exact) mass is 492 g/mol. The first-order chi connectivity index (χ1) is 16.5. The summed E-state index contributed by atoms with van der Waals surface area (Å²) in [5.41, 5.74) is -0.859. The van der Waals surface area contributed by atoms with Gasteiger partial charge in [-0.15, -0.1) is 0 Å². The Balaban J connectivity index is 1.79. The second kappa shape index (κ2) is 8.96. The number of carboxylic acid groups (broad SMARTS) is 1. The lowest BCUT2D eigenvalue weighted by atomic mass is 9.99. The van der Waals surface area contributed by atoms with Gasteiger partial charge >= 0.3 is 5.97 Å². The molecule has 1 aliphatic heterocycles. The maximum atomic E-state index is 13.0. The van der Waals surface area contributed by atoms with Crippen LogP contribution in [0.15, 0.2) is 39.5 Å². The molecule has 2 heterocycles. The van der Waals surface area contributed by atoms with Crippen LogP contribution in [0, 0.1) is 0 Å². The first kappa shape index (κ1) is 24.1. The molecule has 4 rings (SSSR count). The minimum atomic E-state index is -1.93. The van der Waals surface area contributed by atoms with Gasteiger partial charge in [0.2, 0.25) is 17.5 Å². The molecule has 0 spiro atoms. The number of benzene rings is 2. The molecule has 1 fully saturated rings. The van der Waals surface area contributed by atoms with Crippen molar-refractivity contribution in [1.82, 2.24) is 0 Å². The van der Waals surface area contributed by atoms with Crippen LogP contribution in [0.3, 0.4) is 0 Å². The zero-order valence-electron chi connectivity index (χ0n) is 17.9. The van der Waals surface area contributed by atoms with Gasteiger partial charge in [0.1, 0.15) is 40.8 Å². The molecule has 0 bridgehead atoms. The van der Waals surface area contributed by atoms with Crippen molar-refractivity contribution in [2.24, 2.45) is 0 Å². The number of hydrogen-bond acceptors (Lipinski definition) is 12. The van der Waals surface area contributed by atoms with Gasteiger partial charge in [0.15, 0.2) is 23.4 Å². The molecule has 1 saturated heterocycles. The van der Waals surface area contributed by atoms with E-state index in [9.17, 15) is 40.2 Å². The fourth-order valence-corrected chi connectivity index (χ4v) is 3.65. The average Bonchev–Trinajstić information content (AvgIpc) is 2.80. The Bertz CT molecular complexity index is 1350. The lowest BCUT2D eigenvalue weighted by molar-refractivity contribution is -0.271. The highest BCUT2D eigenvalue weighted by Gasteiger charge is 2.48. The molecule has 35 heavy (non-hydrogen) atoms. The van der Waals surface area contributed by atoms with Crippen LogP contribution in [-0.4, -0.2) is 79.5 Å². The van der Waals surface area contributed by atoms with E-state index in [1.54, 1.807) is 0 Å². The predicted octanol–water partition coefficient (Wildman–Crippen LogP) is -0.144. The van der Waals surface area contributed by atoms with Crippen molar-refractivity contribution in [2.45, 2.75) is 30.7 Å². The van der Waals surface area contributed by atoms with Crippen LogP contribution in [0.4, 0.5) is 0 Å². The number of carboxylic acids is 1. The van der Waals surface area contributed by atoms with Crippen LogP contribution < -0.4 is 14.9 Å². The number of aliphatic hydroxyl groups excluding tert-OH is 3. The number of fused-ring (bicyclic) bond motifs is 1. The maximum Gasteiger partial charge on any atom is 0.335 e. The van der Waals surface area contributed by atoms with Gasteiger partial charge in [0.05, 0.1) is 7.11 Å². The van der Waals surface area contributed by atoms with E-state index < -0.39 is 59.4 Å². The van der Waals surface area contributed by atoms with E-state index in [2.05, 4.69) is 0 Å². The highest BCUT2D eigenvalue weighted by molar-refractivity contribution is 5.88. The van der Waals surface area contributed by atoms with Gasteiger partial charge < -0.3 is 54.4 Å². The van der Waals surface area contributed by atoms with Crippen molar-refractivity contribution in [1.29, 1.82) is 0 Å². The van der Waals surface area contributed by atoms with Gasteiger partial charge in [-0.05, 0) is 18.2 Å². The molecule has 7 N–H and O–H groups in total. The number of rotatable bonds is 5. The molecule has 3 aromatic rings. The van der Waals surface area contributed by atoms with Crippen LogP contribution in [0.2, 0.25) is 0 Å². The van der Waals surface area contributed by atoms with E-state index in [4.69, 9.17) is 23.7 Å². The minimum absolute atomic E-state index is 0.148. The number of aliphatic hydroxyl groups is 3. The molecule has 0 aliphatic carbocycles. The first-order valence-electron chi connectivity index (χ1n) is 10.0. The molecule has 1 aromatic heterocycles. The number of methoxy groups -OCH3 is 1. The van der Waals surface area contributed by atoms with Crippen LogP contribution in [0.1, 0.15) is 0 Å². The lowest BCUT2D eigenvalue weighted by Gasteiger charge is -2.38. The summed E-state index contributed by atoms with van der Waals surface area (Å²) in [6.45, 7) is 0. The Morgan fingerprint density at radius 1 is 0.943 bits per heavy atom. The molecule has 13 nitrogen and oxygen atoms in total. The van der Waals surface area contributed by atoms with Crippen LogP contribution in [-0.2, 0) is 9.53 Å². The molecule has 2 aromatic carbocycles. The van der Waals surface area contributed by atoms with E-state index in [0.29, 0.717) is 0 Å². The van der Waals surface area contributed by atoms with Crippen molar-refractivity contribution >= 4 is 16.9 Å². The predicted molar refractivity (Wildman–Crippen MR) is 114 cm³/mol. The smallest absolute Gasteiger partial charge is 0.335 e. The molecule has 0 amide bonds. The van der Waals surface area contributed by atoms with Gasteiger partial charge in [-0.1, -0.05) is 0 Å². The molecular formula is C22H20O13. The fraction of sp³-hybridized carbons (Fsp3) is 0.273. The summed E-state index contributed by atoms with van der Waals surface area (Å²) in [7, 11) is 1.19. The Hall–Kier alpha value is -4.04. The van der Waals surface area contributed by atoms with Crippen molar-refractivity contribution in [2.75, 3.05) is 7.11 Å². The number of aliphatic carboxylic acids is 1. The summed E-state index contributed by atoms with van der Waals surface area (Å²) in [5.74, 6) is -3.86. The van der Waals surface area contributed by atoms with Gasteiger partial charge in [-0.2, -0.15) is 0 Å². The van der Waals surface area contributed by atoms with Crippen molar-refractivity contribution < 1.29 is 59.2 Å². The maximum absolute atomic E-state index is 13.0. The number of carbonyl (C=O) groups is 1. The van der Waals surface area contributed by atoms with E-state index in [-0.39, 0.29) is 33.8 Å². The van der Waals surface area contributed by atoms with E-state index in [0.717, 1.165) is 24.3 Å². The van der Waals surface area contributed by atoms with Crippen LogP contribution >= 0.6 is 0 Å². The molecule has 0 saturated carbocycles. The van der Waals surface area contributed by atoms with Gasteiger partial charge in [0, 0.05) is 17.7 Å². The van der Waals surface area contributed by atoms with Crippen molar-refractivity contribution in [3.05, 3.63) is 40.6 Å². The van der Waals surface area contributed by atoms with Crippen molar-refractivity contribution in [3.8, 4) is 40.1 Å². The Morgan fingerprint density at radius 3 is 2.29 bits per heavy atom. The van der Waals surface area contributed by atoms with Crippen molar-refractivity contribution in [3.63, 3.8) is 0 Å². The number of phenolic OH excluding ortho intramolecular Hbond substituents is 3. The third kappa shape index (κ3) is 4.17. The largest absolute Gasteiger partial charge is 0.507 e.